The smallest absolute Gasteiger partial charge is 0.262 e. The second-order valence-electron chi connectivity index (χ2n) is 6.01. The first kappa shape index (κ1) is 17.8. The highest BCUT2D eigenvalue weighted by atomic mass is 35.5. The summed E-state index contributed by atoms with van der Waals surface area (Å²) < 4.78 is 0. The molecule has 0 spiro atoms. The minimum atomic E-state index is -1.19. The molecule has 2 heterocycles. The molecule has 1 aromatic rings. The van der Waals surface area contributed by atoms with Gasteiger partial charge in [-0.2, -0.15) is 0 Å². The van der Waals surface area contributed by atoms with E-state index in [0.717, 1.165) is 10.5 Å². The van der Waals surface area contributed by atoms with Crippen LogP contribution in [0.5, 0.6) is 0 Å². The zero-order chi connectivity index (χ0) is 16.1. The van der Waals surface area contributed by atoms with Crippen LogP contribution in [0.25, 0.3) is 0 Å². The van der Waals surface area contributed by atoms with Crippen molar-refractivity contribution in [3.8, 4) is 0 Å². The number of halogens is 1. The summed E-state index contributed by atoms with van der Waals surface area (Å²) in [6, 6.07) is 4.93. The van der Waals surface area contributed by atoms with Gasteiger partial charge in [0.2, 0.25) is 0 Å². The van der Waals surface area contributed by atoms with E-state index in [1.54, 1.807) is 25.1 Å². The number of aliphatic hydroxyl groups excluding tert-OH is 2. The zero-order valence-corrected chi connectivity index (χ0v) is 13.5. The zero-order valence-electron chi connectivity index (χ0n) is 12.7. The maximum Gasteiger partial charge on any atom is 0.262 e. The maximum absolute atomic E-state index is 12.7. The van der Waals surface area contributed by atoms with Gasteiger partial charge in [0, 0.05) is 6.54 Å². The van der Waals surface area contributed by atoms with Crippen LogP contribution >= 0.6 is 12.4 Å². The number of nitrogens with two attached hydrogens (primary N) is 1. The van der Waals surface area contributed by atoms with E-state index in [2.05, 4.69) is 5.32 Å². The Morgan fingerprint density at radius 3 is 2.57 bits per heavy atom. The topological polar surface area (TPSA) is 116 Å². The summed E-state index contributed by atoms with van der Waals surface area (Å²) in [6.07, 6.45) is -1.37. The van der Waals surface area contributed by atoms with Crippen molar-refractivity contribution in [1.82, 2.24) is 10.2 Å². The van der Waals surface area contributed by atoms with Crippen molar-refractivity contribution in [1.29, 1.82) is 0 Å². The fourth-order valence-corrected chi connectivity index (χ4v) is 3.12. The van der Waals surface area contributed by atoms with Crippen molar-refractivity contribution < 1.29 is 19.8 Å². The molecule has 0 saturated carbocycles. The number of carbonyl (C=O) groups excluding carboxylic acids is 2. The summed E-state index contributed by atoms with van der Waals surface area (Å²) in [5, 5.41) is 22.4. The van der Waals surface area contributed by atoms with Crippen molar-refractivity contribution in [3.05, 3.63) is 34.9 Å². The van der Waals surface area contributed by atoms with Crippen molar-refractivity contribution in [3.63, 3.8) is 0 Å². The van der Waals surface area contributed by atoms with Crippen LogP contribution in [0.1, 0.15) is 46.0 Å². The molecule has 2 amide bonds. The largest absolute Gasteiger partial charge is 0.379 e. The van der Waals surface area contributed by atoms with Crippen LogP contribution in [-0.4, -0.2) is 44.9 Å². The number of rotatable bonds is 2. The number of nitrogens with one attached hydrogen (secondary N) is 1. The Balaban J connectivity index is 0.00000192. The van der Waals surface area contributed by atoms with Crippen LogP contribution in [0, 0.1) is 0 Å². The molecule has 126 valence electrons. The Labute approximate surface area is 139 Å². The molecule has 0 radical (unpaired) electrons. The maximum atomic E-state index is 12.7. The summed E-state index contributed by atoms with van der Waals surface area (Å²) in [5.74, 6) is -0.863. The number of aliphatic hydroxyl groups is 2. The molecule has 3 atom stereocenters. The summed E-state index contributed by atoms with van der Waals surface area (Å²) in [6.45, 7) is 1.92. The first-order chi connectivity index (χ1) is 10.4. The van der Waals surface area contributed by atoms with E-state index in [0.29, 0.717) is 24.0 Å². The highest BCUT2D eigenvalue weighted by molar-refractivity contribution is 6.22. The van der Waals surface area contributed by atoms with Crippen LogP contribution in [0.3, 0.4) is 0 Å². The second-order valence-corrected chi connectivity index (χ2v) is 6.01. The van der Waals surface area contributed by atoms with Crippen LogP contribution < -0.4 is 11.1 Å². The highest BCUT2D eigenvalue weighted by Gasteiger charge is 2.52. The third kappa shape index (κ3) is 2.64. The van der Waals surface area contributed by atoms with Gasteiger partial charge in [0.05, 0.1) is 16.7 Å². The van der Waals surface area contributed by atoms with Gasteiger partial charge in [-0.1, -0.05) is 6.07 Å². The average Bonchev–Trinajstić information content (AvgIpc) is 2.75. The Bertz CT molecular complexity index is 654. The number of carbonyl (C=O) groups is 2. The molecule has 0 aliphatic carbocycles. The fourth-order valence-electron chi connectivity index (χ4n) is 3.12. The first-order valence-corrected chi connectivity index (χ1v) is 7.22. The van der Waals surface area contributed by atoms with Gasteiger partial charge in [0.15, 0.2) is 0 Å². The number of fused-ring (bicyclic) bond motifs is 1. The molecule has 1 aromatic carbocycles. The quantitative estimate of drug-likeness (QED) is 0.560. The van der Waals surface area contributed by atoms with Crippen molar-refractivity contribution in [2.24, 2.45) is 5.73 Å². The van der Waals surface area contributed by atoms with Crippen LogP contribution in [0.4, 0.5) is 0 Å². The third-order valence-corrected chi connectivity index (χ3v) is 4.56. The lowest BCUT2D eigenvalue weighted by Crippen LogP contribution is -2.66. The Morgan fingerprint density at radius 2 is 1.96 bits per heavy atom. The molecule has 2 aliphatic rings. The van der Waals surface area contributed by atoms with Crippen molar-refractivity contribution in [2.45, 2.75) is 44.3 Å². The number of hydrogen-bond donors (Lipinski definition) is 4. The average molecular weight is 342 g/mol. The molecule has 8 heteroatoms. The molecule has 0 bridgehead atoms. The van der Waals surface area contributed by atoms with E-state index in [1.165, 1.54) is 0 Å². The van der Waals surface area contributed by atoms with E-state index in [9.17, 15) is 19.8 Å². The van der Waals surface area contributed by atoms with Gasteiger partial charge in [-0.05, 0) is 37.5 Å². The van der Waals surface area contributed by atoms with Gasteiger partial charge < -0.3 is 15.9 Å². The van der Waals surface area contributed by atoms with Gasteiger partial charge in [0.25, 0.3) is 11.8 Å². The van der Waals surface area contributed by atoms with Crippen LogP contribution in [0.15, 0.2) is 18.2 Å². The molecule has 1 fully saturated rings. The number of nitrogens with zero attached hydrogens (tertiary/aromatic N) is 1. The minimum absolute atomic E-state index is 0. The van der Waals surface area contributed by atoms with E-state index in [-0.39, 0.29) is 19.0 Å². The second kappa shape index (κ2) is 6.18. The normalized spacial score (nSPS) is 30.2. The molecule has 23 heavy (non-hydrogen) atoms. The molecule has 5 N–H and O–H groups in total. The fraction of sp³-hybridized carbons (Fsp3) is 0.467. The van der Waals surface area contributed by atoms with Gasteiger partial charge in [-0.15, -0.1) is 12.4 Å². The number of imide groups is 1. The number of piperidine rings is 1. The first-order valence-electron chi connectivity index (χ1n) is 7.22. The highest BCUT2D eigenvalue weighted by Crippen LogP contribution is 2.36. The molecule has 7 nitrogen and oxygen atoms in total. The summed E-state index contributed by atoms with van der Waals surface area (Å²) in [4.78, 5) is 26.4. The SMILES string of the molecule is CC1(N2C(=O)c3ccc(CN)cc3C2=O)CCC(O)NC1O.Cl. The molecule has 0 aromatic heterocycles. The molecule has 3 unspecified atom stereocenters. The summed E-state index contributed by atoms with van der Waals surface area (Å²) >= 11 is 0. The summed E-state index contributed by atoms with van der Waals surface area (Å²) in [5.41, 5.74) is 5.88. The Morgan fingerprint density at radius 1 is 1.30 bits per heavy atom. The van der Waals surface area contributed by atoms with E-state index in [4.69, 9.17) is 5.73 Å². The minimum Gasteiger partial charge on any atom is -0.379 e. The van der Waals surface area contributed by atoms with E-state index < -0.39 is 29.8 Å². The Kier molecular flexibility index (Phi) is 4.79. The lowest BCUT2D eigenvalue weighted by Gasteiger charge is -2.45. The molecular weight excluding hydrogens is 322 g/mol. The lowest BCUT2D eigenvalue weighted by molar-refractivity contribution is -0.0827. The van der Waals surface area contributed by atoms with Gasteiger partial charge in [-0.3, -0.25) is 19.8 Å². The lowest BCUT2D eigenvalue weighted by atomic mass is 9.87. The van der Waals surface area contributed by atoms with Crippen LogP contribution in [0.2, 0.25) is 0 Å². The summed E-state index contributed by atoms with van der Waals surface area (Å²) in [7, 11) is 0. The van der Waals surface area contributed by atoms with Crippen molar-refractivity contribution in [2.75, 3.05) is 0 Å². The molecule has 2 aliphatic heterocycles. The molecular formula is C15H20ClN3O4. The Hall–Kier alpha value is -1.51. The van der Waals surface area contributed by atoms with Gasteiger partial charge >= 0.3 is 0 Å². The third-order valence-electron chi connectivity index (χ3n) is 4.56. The standard InChI is InChI=1S/C15H19N3O4.ClH/c1-15(5-4-11(19)17-14(15)22)18-12(20)9-3-2-8(7-16)6-10(9)13(18)21;/h2-3,6,11,14,17,19,22H,4-5,7,16H2,1H3;1H. The van der Waals surface area contributed by atoms with Crippen LogP contribution in [-0.2, 0) is 6.54 Å². The van der Waals surface area contributed by atoms with Gasteiger partial charge in [-0.25, -0.2) is 0 Å². The number of benzene rings is 1. The predicted molar refractivity (Wildman–Crippen MR) is 84.9 cm³/mol. The molecule has 3 rings (SSSR count). The number of amides is 2. The van der Waals surface area contributed by atoms with Gasteiger partial charge in [0.1, 0.15) is 12.5 Å². The predicted octanol–water partition coefficient (Wildman–Crippen LogP) is -0.0580. The number of hydrogen-bond acceptors (Lipinski definition) is 6. The monoisotopic (exact) mass is 341 g/mol. The van der Waals surface area contributed by atoms with Crippen molar-refractivity contribution >= 4 is 24.2 Å². The molecule has 1 saturated heterocycles. The van der Waals surface area contributed by atoms with E-state index >= 15 is 0 Å². The van der Waals surface area contributed by atoms with E-state index in [1.807, 2.05) is 0 Å².